The van der Waals surface area contributed by atoms with Crippen LogP contribution in [0.15, 0.2) is 12.1 Å². The standard InChI is InChI=1S/C9H8F2N2/c1-5-8-7(13(2)12-5)4-3-6(10)9(8)11/h3-4H,1-2H3. The van der Waals surface area contributed by atoms with E-state index in [-0.39, 0.29) is 5.39 Å². The third-order valence-corrected chi connectivity index (χ3v) is 2.08. The van der Waals surface area contributed by atoms with Crippen LogP contribution in [0.3, 0.4) is 0 Å². The van der Waals surface area contributed by atoms with Gasteiger partial charge in [-0.15, -0.1) is 0 Å². The number of benzene rings is 1. The first-order chi connectivity index (χ1) is 6.11. The second-order valence-corrected chi connectivity index (χ2v) is 2.96. The molecule has 2 nitrogen and oxygen atoms in total. The molecular weight excluding hydrogens is 174 g/mol. The Morgan fingerprint density at radius 2 is 2.00 bits per heavy atom. The number of aryl methyl sites for hydroxylation is 2. The molecule has 0 bridgehead atoms. The summed E-state index contributed by atoms with van der Waals surface area (Å²) in [5.74, 6) is -1.65. The number of hydrogen-bond donors (Lipinski definition) is 0. The fourth-order valence-corrected chi connectivity index (χ4v) is 1.48. The highest BCUT2D eigenvalue weighted by Gasteiger charge is 2.13. The van der Waals surface area contributed by atoms with Gasteiger partial charge in [0.2, 0.25) is 0 Å². The minimum atomic E-state index is -0.830. The molecule has 0 spiro atoms. The number of rotatable bonds is 0. The summed E-state index contributed by atoms with van der Waals surface area (Å²) < 4.78 is 27.6. The second-order valence-electron chi connectivity index (χ2n) is 2.96. The zero-order valence-electron chi connectivity index (χ0n) is 7.31. The smallest absolute Gasteiger partial charge is 0.170 e. The monoisotopic (exact) mass is 182 g/mol. The Kier molecular flexibility index (Phi) is 1.58. The quantitative estimate of drug-likeness (QED) is 0.610. The predicted molar refractivity (Wildman–Crippen MR) is 45.4 cm³/mol. The van der Waals surface area contributed by atoms with Crippen molar-refractivity contribution < 1.29 is 8.78 Å². The number of aromatic nitrogens is 2. The Morgan fingerprint density at radius 1 is 1.31 bits per heavy atom. The fourth-order valence-electron chi connectivity index (χ4n) is 1.48. The van der Waals surface area contributed by atoms with Gasteiger partial charge in [0.15, 0.2) is 11.6 Å². The fraction of sp³-hybridized carbons (Fsp3) is 0.222. The van der Waals surface area contributed by atoms with E-state index in [0.717, 1.165) is 6.07 Å². The molecule has 68 valence electrons. The Morgan fingerprint density at radius 3 is 2.69 bits per heavy atom. The average Bonchev–Trinajstić information content (AvgIpc) is 2.35. The largest absolute Gasteiger partial charge is 0.268 e. The summed E-state index contributed by atoms with van der Waals surface area (Å²) in [6, 6.07) is 2.63. The molecule has 2 rings (SSSR count). The summed E-state index contributed by atoms with van der Waals surface area (Å²) in [5, 5.41) is 4.27. The first-order valence-electron chi connectivity index (χ1n) is 3.88. The normalized spacial score (nSPS) is 11.1. The van der Waals surface area contributed by atoms with E-state index >= 15 is 0 Å². The Hall–Kier alpha value is -1.45. The molecule has 4 heteroatoms. The van der Waals surface area contributed by atoms with Crippen molar-refractivity contribution >= 4 is 10.9 Å². The zero-order chi connectivity index (χ0) is 9.59. The van der Waals surface area contributed by atoms with Gasteiger partial charge in [-0.3, -0.25) is 4.68 Å². The highest BCUT2D eigenvalue weighted by atomic mass is 19.2. The zero-order valence-corrected chi connectivity index (χ0v) is 7.31. The van der Waals surface area contributed by atoms with Gasteiger partial charge >= 0.3 is 0 Å². The van der Waals surface area contributed by atoms with Crippen LogP contribution >= 0.6 is 0 Å². The molecule has 1 aromatic heterocycles. The van der Waals surface area contributed by atoms with Crippen molar-refractivity contribution in [3.8, 4) is 0 Å². The van der Waals surface area contributed by atoms with Crippen molar-refractivity contribution in [3.05, 3.63) is 29.5 Å². The minimum Gasteiger partial charge on any atom is -0.268 e. The molecule has 0 fully saturated rings. The molecule has 0 atom stereocenters. The lowest BCUT2D eigenvalue weighted by Crippen LogP contribution is -1.90. The third kappa shape index (κ3) is 1.02. The van der Waals surface area contributed by atoms with Gasteiger partial charge in [-0.05, 0) is 19.1 Å². The molecule has 1 heterocycles. The van der Waals surface area contributed by atoms with E-state index < -0.39 is 11.6 Å². The van der Waals surface area contributed by atoms with Crippen LogP contribution in [-0.4, -0.2) is 9.78 Å². The SMILES string of the molecule is Cc1nn(C)c2ccc(F)c(F)c12. The molecule has 0 aliphatic carbocycles. The van der Waals surface area contributed by atoms with Crippen LogP contribution < -0.4 is 0 Å². The highest BCUT2D eigenvalue weighted by Crippen LogP contribution is 2.22. The molecule has 0 N–H and O–H groups in total. The maximum absolute atomic E-state index is 13.2. The van der Waals surface area contributed by atoms with Gasteiger partial charge in [-0.1, -0.05) is 0 Å². The summed E-state index contributed by atoms with van der Waals surface area (Å²) >= 11 is 0. The van der Waals surface area contributed by atoms with Gasteiger partial charge in [-0.2, -0.15) is 5.10 Å². The molecule has 0 saturated carbocycles. The molecule has 13 heavy (non-hydrogen) atoms. The molecule has 0 saturated heterocycles. The van der Waals surface area contributed by atoms with E-state index in [1.807, 2.05) is 0 Å². The molecular formula is C9H8F2N2. The average molecular weight is 182 g/mol. The maximum Gasteiger partial charge on any atom is 0.170 e. The van der Waals surface area contributed by atoms with Crippen LogP contribution in [-0.2, 0) is 7.05 Å². The second kappa shape index (κ2) is 2.52. The minimum absolute atomic E-state index is 0.266. The first kappa shape index (κ1) is 8.16. The summed E-state index contributed by atoms with van der Waals surface area (Å²) in [4.78, 5) is 0. The summed E-state index contributed by atoms with van der Waals surface area (Å²) in [6.45, 7) is 1.66. The molecule has 0 unspecified atom stereocenters. The van der Waals surface area contributed by atoms with Gasteiger partial charge in [0.05, 0.1) is 16.6 Å². The lowest BCUT2D eigenvalue weighted by Gasteiger charge is -1.95. The van der Waals surface area contributed by atoms with E-state index in [9.17, 15) is 8.78 Å². The van der Waals surface area contributed by atoms with Crippen LogP contribution in [0.4, 0.5) is 8.78 Å². The lowest BCUT2D eigenvalue weighted by molar-refractivity contribution is 0.516. The lowest BCUT2D eigenvalue weighted by atomic mass is 10.2. The van der Waals surface area contributed by atoms with E-state index in [1.165, 1.54) is 10.7 Å². The summed E-state index contributed by atoms with van der Waals surface area (Å²) in [6.07, 6.45) is 0. The van der Waals surface area contributed by atoms with Crippen molar-refractivity contribution in [2.45, 2.75) is 6.92 Å². The van der Waals surface area contributed by atoms with Gasteiger partial charge in [-0.25, -0.2) is 8.78 Å². The Bertz CT molecular complexity index is 474. The summed E-state index contributed by atoms with van der Waals surface area (Å²) in [5.41, 5.74) is 1.12. The van der Waals surface area contributed by atoms with Gasteiger partial charge in [0.25, 0.3) is 0 Å². The maximum atomic E-state index is 13.2. The van der Waals surface area contributed by atoms with Crippen molar-refractivity contribution in [1.29, 1.82) is 0 Å². The van der Waals surface area contributed by atoms with Crippen molar-refractivity contribution in [2.24, 2.45) is 7.05 Å². The molecule has 0 aliphatic rings. The van der Waals surface area contributed by atoms with E-state index in [1.54, 1.807) is 14.0 Å². The topological polar surface area (TPSA) is 17.8 Å². The van der Waals surface area contributed by atoms with Crippen LogP contribution in [0.2, 0.25) is 0 Å². The third-order valence-electron chi connectivity index (χ3n) is 2.08. The van der Waals surface area contributed by atoms with Crippen molar-refractivity contribution in [2.75, 3.05) is 0 Å². The van der Waals surface area contributed by atoms with E-state index in [0.29, 0.717) is 11.2 Å². The van der Waals surface area contributed by atoms with Crippen molar-refractivity contribution in [1.82, 2.24) is 9.78 Å². The molecule has 0 amide bonds. The molecule has 0 radical (unpaired) electrons. The summed E-state index contributed by atoms with van der Waals surface area (Å²) in [7, 11) is 1.70. The van der Waals surface area contributed by atoms with Crippen LogP contribution in [0.25, 0.3) is 10.9 Å². The Labute approximate surface area is 73.8 Å². The van der Waals surface area contributed by atoms with Crippen LogP contribution in [0, 0.1) is 18.6 Å². The number of halogens is 2. The van der Waals surface area contributed by atoms with Crippen LogP contribution in [0.1, 0.15) is 5.69 Å². The van der Waals surface area contributed by atoms with Gasteiger partial charge < -0.3 is 0 Å². The first-order valence-corrected chi connectivity index (χ1v) is 3.88. The van der Waals surface area contributed by atoms with Crippen LogP contribution in [0.5, 0.6) is 0 Å². The highest BCUT2D eigenvalue weighted by molar-refractivity contribution is 5.82. The number of fused-ring (bicyclic) bond motifs is 1. The molecule has 0 aliphatic heterocycles. The van der Waals surface area contributed by atoms with E-state index in [4.69, 9.17) is 0 Å². The number of hydrogen-bond acceptors (Lipinski definition) is 1. The van der Waals surface area contributed by atoms with E-state index in [2.05, 4.69) is 5.10 Å². The van der Waals surface area contributed by atoms with Crippen molar-refractivity contribution in [3.63, 3.8) is 0 Å². The molecule has 2 aromatic rings. The number of nitrogens with zero attached hydrogens (tertiary/aromatic N) is 2. The Balaban J connectivity index is 2.98. The van der Waals surface area contributed by atoms with Gasteiger partial charge in [0, 0.05) is 7.05 Å². The van der Waals surface area contributed by atoms with Gasteiger partial charge in [0.1, 0.15) is 0 Å². The molecule has 1 aromatic carbocycles. The predicted octanol–water partition coefficient (Wildman–Crippen LogP) is 2.16.